The maximum Gasteiger partial charge on any atom is 0.174 e. The average Bonchev–Trinajstić information content (AvgIpc) is 2.89. The Kier molecular flexibility index (Phi) is 4.38. The molecule has 0 saturated heterocycles. The first-order chi connectivity index (χ1) is 8.79. The number of ether oxygens (including phenoxy) is 1. The van der Waals surface area contributed by atoms with E-state index < -0.39 is 0 Å². The molecule has 94 valence electrons. The van der Waals surface area contributed by atoms with E-state index in [1.165, 1.54) is 5.56 Å². The van der Waals surface area contributed by atoms with Gasteiger partial charge in [0.1, 0.15) is 11.8 Å². The van der Waals surface area contributed by atoms with E-state index in [2.05, 4.69) is 24.4 Å². The first-order valence-electron chi connectivity index (χ1n) is 6.30. The molecule has 0 bridgehead atoms. The largest absolute Gasteiger partial charge is 0.479 e. The lowest BCUT2D eigenvalue weighted by molar-refractivity contribution is 0.368. The fourth-order valence-electron chi connectivity index (χ4n) is 2.17. The maximum absolute atomic E-state index is 8.44. The van der Waals surface area contributed by atoms with Gasteiger partial charge in [-0.05, 0) is 37.5 Å². The van der Waals surface area contributed by atoms with Crippen molar-refractivity contribution in [1.82, 2.24) is 5.32 Å². The van der Waals surface area contributed by atoms with E-state index >= 15 is 0 Å². The second kappa shape index (κ2) is 6.23. The molecule has 1 aromatic carbocycles. The van der Waals surface area contributed by atoms with E-state index in [0.717, 1.165) is 18.6 Å². The summed E-state index contributed by atoms with van der Waals surface area (Å²) < 4.78 is 5.23. The summed E-state index contributed by atoms with van der Waals surface area (Å²) in [4.78, 5) is 0. The van der Waals surface area contributed by atoms with E-state index in [9.17, 15) is 0 Å². The Morgan fingerprint density at radius 3 is 2.61 bits per heavy atom. The molecular formula is C15H18N2O. The molecule has 3 nitrogen and oxygen atoms in total. The van der Waals surface area contributed by atoms with Crippen molar-refractivity contribution in [3.8, 4) is 11.8 Å². The van der Waals surface area contributed by atoms with Gasteiger partial charge in [0.15, 0.2) is 6.61 Å². The molecular weight excluding hydrogens is 224 g/mol. The fraction of sp³-hybridized carbons (Fsp3) is 0.400. The Bertz CT molecular complexity index is 437. The molecule has 1 aromatic rings. The van der Waals surface area contributed by atoms with Crippen LogP contribution in [0.25, 0.3) is 0 Å². The van der Waals surface area contributed by atoms with Crippen LogP contribution in [0.1, 0.15) is 31.4 Å². The fourth-order valence-corrected chi connectivity index (χ4v) is 2.17. The molecule has 18 heavy (non-hydrogen) atoms. The second-order valence-corrected chi connectivity index (χ2v) is 4.54. The minimum atomic E-state index is 0.0981. The highest BCUT2D eigenvalue weighted by Gasteiger charge is 2.14. The van der Waals surface area contributed by atoms with Crippen molar-refractivity contribution >= 4 is 0 Å². The van der Waals surface area contributed by atoms with Crippen LogP contribution in [-0.4, -0.2) is 12.6 Å². The number of nitriles is 1. The van der Waals surface area contributed by atoms with Gasteiger partial charge < -0.3 is 10.1 Å². The Morgan fingerprint density at radius 1 is 1.33 bits per heavy atom. The monoisotopic (exact) mass is 242 g/mol. The van der Waals surface area contributed by atoms with Gasteiger partial charge in [-0.3, -0.25) is 0 Å². The van der Waals surface area contributed by atoms with E-state index in [-0.39, 0.29) is 6.61 Å². The minimum absolute atomic E-state index is 0.0981. The zero-order valence-corrected chi connectivity index (χ0v) is 10.6. The van der Waals surface area contributed by atoms with Gasteiger partial charge >= 0.3 is 0 Å². The van der Waals surface area contributed by atoms with Crippen LogP contribution in [0.5, 0.6) is 5.75 Å². The molecule has 1 aliphatic carbocycles. The van der Waals surface area contributed by atoms with Crippen molar-refractivity contribution in [2.75, 3.05) is 6.61 Å². The van der Waals surface area contributed by atoms with Crippen LogP contribution < -0.4 is 10.1 Å². The normalized spacial score (nSPS) is 16.4. The van der Waals surface area contributed by atoms with E-state index in [1.54, 1.807) is 0 Å². The summed E-state index contributed by atoms with van der Waals surface area (Å²) >= 11 is 0. The summed E-state index contributed by atoms with van der Waals surface area (Å²) in [6, 6.07) is 10.8. The Labute approximate surface area is 108 Å². The minimum Gasteiger partial charge on any atom is -0.479 e. The summed E-state index contributed by atoms with van der Waals surface area (Å²) in [5.41, 5.74) is 1.24. The third-order valence-electron chi connectivity index (χ3n) is 3.18. The standard InChI is InChI=1S/C15H18N2O/c1-12(17-14-4-2-3-5-14)13-6-8-15(9-7-13)18-11-10-16/h2-3,6-9,12,14,17H,4-5,11H2,1H3. The third-order valence-corrected chi connectivity index (χ3v) is 3.18. The molecule has 1 unspecified atom stereocenters. The molecule has 0 amide bonds. The van der Waals surface area contributed by atoms with Crippen LogP contribution in [0.2, 0.25) is 0 Å². The van der Waals surface area contributed by atoms with Gasteiger partial charge in [0.2, 0.25) is 0 Å². The maximum atomic E-state index is 8.44. The SMILES string of the molecule is CC(NC1CC=CC1)c1ccc(OCC#N)cc1. The van der Waals surface area contributed by atoms with Gasteiger partial charge in [-0.1, -0.05) is 24.3 Å². The van der Waals surface area contributed by atoms with Crippen LogP contribution in [0.3, 0.4) is 0 Å². The lowest BCUT2D eigenvalue weighted by Crippen LogP contribution is -2.29. The Balaban J connectivity index is 1.89. The molecule has 0 fully saturated rings. The smallest absolute Gasteiger partial charge is 0.174 e. The molecule has 0 saturated carbocycles. The zero-order valence-electron chi connectivity index (χ0n) is 10.6. The van der Waals surface area contributed by atoms with Crippen LogP contribution in [0.4, 0.5) is 0 Å². The summed E-state index contributed by atoms with van der Waals surface area (Å²) in [7, 11) is 0. The molecule has 0 aromatic heterocycles. The summed E-state index contributed by atoms with van der Waals surface area (Å²) in [6.45, 7) is 2.27. The molecule has 0 radical (unpaired) electrons. The average molecular weight is 242 g/mol. The Hall–Kier alpha value is -1.79. The van der Waals surface area contributed by atoms with E-state index in [4.69, 9.17) is 10.00 Å². The van der Waals surface area contributed by atoms with Gasteiger partial charge in [0.25, 0.3) is 0 Å². The summed E-state index contributed by atoms with van der Waals surface area (Å²) in [6.07, 6.45) is 6.69. The van der Waals surface area contributed by atoms with Gasteiger partial charge in [0.05, 0.1) is 0 Å². The number of benzene rings is 1. The first kappa shape index (κ1) is 12.7. The topological polar surface area (TPSA) is 45.0 Å². The number of nitrogens with one attached hydrogen (secondary N) is 1. The van der Waals surface area contributed by atoms with Crippen molar-refractivity contribution < 1.29 is 4.74 Å². The molecule has 1 N–H and O–H groups in total. The number of rotatable bonds is 5. The number of nitrogens with zero attached hydrogens (tertiary/aromatic N) is 1. The van der Waals surface area contributed by atoms with Crippen molar-refractivity contribution in [3.63, 3.8) is 0 Å². The van der Waals surface area contributed by atoms with Crippen LogP contribution >= 0.6 is 0 Å². The predicted octanol–water partition coefficient (Wildman–Crippen LogP) is 2.96. The van der Waals surface area contributed by atoms with Crippen molar-refractivity contribution in [2.24, 2.45) is 0 Å². The van der Waals surface area contributed by atoms with Crippen molar-refractivity contribution in [3.05, 3.63) is 42.0 Å². The lowest BCUT2D eigenvalue weighted by atomic mass is 10.1. The quantitative estimate of drug-likeness (QED) is 0.807. The van der Waals surface area contributed by atoms with Gasteiger partial charge in [-0.25, -0.2) is 0 Å². The molecule has 1 atom stereocenters. The molecule has 0 aliphatic heterocycles. The van der Waals surface area contributed by atoms with Crippen LogP contribution in [0, 0.1) is 11.3 Å². The highest BCUT2D eigenvalue weighted by Crippen LogP contribution is 2.20. The molecule has 2 rings (SSSR count). The first-order valence-corrected chi connectivity index (χ1v) is 6.30. The van der Waals surface area contributed by atoms with Gasteiger partial charge in [0, 0.05) is 12.1 Å². The highest BCUT2D eigenvalue weighted by atomic mass is 16.5. The second-order valence-electron chi connectivity index (χ2n) is 4.54. The number of hydrogen-bond donors (Lipinski definition) is 1. The highest BCUT2D eigenvalue weighted by molar-refractivity contribution is 5.29. The van der Waals surface area contributed by atoms with Crippen LogP contribution in [0.15, 0.2) is 36.4 Å². The third kappa shape index (κ3) is 3.35. The molecule has 1 aliphatic rings. The van der Waals surface area contributed by atoms with Gasteiger partial charge in [-0.15, -0.1) is 0 Å². The van der Waals surface area contributed by atoms with E-state index in [1.807, 2.05) is 30.3 Å². The molecule has 0 spiro atoms. The summed E-state index contributed by atoms with van der Waals surface area (Å²) in [5, 5.41) is 12.0. The van der Waals surface area contributed by atoms with Crippen molar-refractivity contribution in [2.45, 2.75) is 31.8 Å². The van der Waals surface area contributed by atoms with Crippen LogP contribution in [-0.2, 0) is 0 Å². The molecule has 0 heterocycles. The lowest BCUT2D eigenvalue weighted by Gasteiger charge is -2.19. The zero-order chi connectivity index (χ0) is 12.8. The van der Waals surface area contributed by atoms with E-state index in [0.29, 0.717) is 12.1 Å². The summed E-state index contributed by atoms with van der Waals surface area (Å²) in [5.74, 6) is 0.745. The van der Waals surface area contributed by atoms with Crippen molar-refractivity contribution in [1.29, 1.82) is 5.26 Å². The number of hydrogen-bond acceptors (Lipinski definition) is 3. The Morgan fingerprint density at radius 2 is 2.00 bits per heavy atom. The molecule has 3 heteroatoms. The predicted molar refractivity (Wildman–Crippen MR) is 71.3 cm³/mol. The van der Waals surface area contributed by atoms with Gasteiger partial charge in [-0.2, -0.15) is 5.26 Å².